The number of hydrogen-bond donors (Lipinski definition) is 0. The van der Waals surface area contributed by atoms with E-state index < -0.39 is 0 Å². The second-order valence-electron chi connectivity index (χ2n) is 5.83. The molecule has 1 saturated heterocycles. The lowest BCUT2D eigenvalue weighted by Crippen LogP contribution is -2.40. The average Bonchev–Trinajstić information content (AvgIpc) is 2.88. The molecule has 0 radical (unpaired) electrons. The highest BCUT2D eigenvalue weighted by molar-refractivity contribution is 5.15. The fourth-order valence-corrected chi connectivity index (χ4v) is 3.17. The van der Waals surface area contributed by atoms with Gasteiger partial charge >= 0.3 is 0 Å². The van der Waals surface area contributed by atoms with Crippen LogP contribution in [0.4, 0.5) is 0 Å². The van der Waals surface area contributed by atoms with Gasteiger partial charge in [0.15, 0.2) is 0 Å². The third-order valence-corrected chi connectivity index (χ3v) is 4.35. The number of likely N-dealkylation sites (tertiary alicyclic amines) is 1. The molecule has 2 atom stereocenters. The second-order valence-corrected chi connectivity index (χ2v) is 5.83. The summed E-state index contributed by atoms with van der Waals surface area (Å²) in [5.41, 5.74) is 1.40. The molecule has 0 bridgehead atoms. The van der Waals surface area contributed by atoms with E-state index in [1.165, 1.54) is 18.4 Å². The molecule has 20 heavy (non-hydrogen) atoms. The fourth-order valence-electron chi connectivity index (χ4n) is 3.17. The first-order chi connectivity index (χ1) is 9.74. The van der Waals surface area contributed by atoms with Gasteiger partial charge in [0.2, 0.25) is 0 Å². The van der Waals surface area contributed by atoms with Crippen LogP contribution in [-0.4, -0.2) is 32.3 Å². The summed E-state index contributed by atoms with van der Waals surface area (Å²) in [6, 6.07) is 11.3. The van der Waals surface area contributed by atoms with Crippen molar-refractivity contribution < 1.29 is 0 Å². The minimum absolute atomic E-state index is 0.546. The van der Waals surface area contributed by atoms with E-state index in [2.05, 4.69) is 56.9 Å². The Morgan fingerprint density at radius 1 is 1.25 bits per heavy atom. The van der Waals surface area contributed by atoms with E-state index in [9.17, 15) is 0 Å². The Kier molecular flexibility index (Phi) is 3.83. The van der Waals surface area contributed by atoms with E-state index in [0.29, 0.717) is 12.0 Å². The normalized spacial score (nSPS) is 23.9. The molecular formula is C16H22N4. The first-order valence-corrected chi connectivity index (χ1v) is 7.36. The van der Waals surface area contributed by atoms with E-state index in [4.69, 9.17) is 0 Å². The van der Waals surface area contributed by atoms with E-state index in [1.54, 1.807) is 6.33 Å². The zero-order chi connectivity index (χ0) is 13.9. The lowest BCUT2D eigenvalue weighted by Gasteiger charge is -2.37. The van der Waals surface area contributed by atoms with Crippen LogP contribution in [-0.2, 0) is 13.6 Å². The number of hydrogen-bond acceptors (Lipinski definition) is 3. The number of rotatable bonds is 3. The largest absolute Gasteiger partial charge is 0.320 e. The van der Waals surface area contributed by atoms with Gasteiger partial charge in [-0.1, -0.05) is 30.3 Å². The second kappa shape index (κ2) is 5.75. The van der Waals surface area contributed by atoms with Crippen LogP contribution in [0.25, 0.3) is 0 Å². The van der Waals surface area contributed by atoms with Crippen LogP contribution in [0.1, 0.15) is 37.1 Å². The molecule has 1 aliphatic heterocycles. The standard InChI is InChI=1S/C16H22N4/c1-13-10-15(16-18-17-12-19(16)2)8-9-20(13)11-14-6-4-3-5-7-14/h3-7,12-13,15H,8-11H2,1-2H3/t13-,15-/m1/s1. The molecule has 0 aliphatic carbocycles. The molecule has 1 fully saturated rings. The topological polar surface area (TPSA) is 34.0 Å². The molecule has 4 heteroatoms. The van der Waals surface area contributed by atoms with Crippen LogP contribution in [0, 0.1) is 0 Å². The molecule has 4 nitrogen and oxygen atoms in total. The third kappa shape index (κ3) is 2.75. The highest BCUT2D eigenvalue weighted by atomic mass is 15.3. The van der Waals surface area contributed by atoms with Gasteiger partial charge in [-0.3, -0.25) is 4.90 Å². The number of aryl methyl sites for hydroxylation is 1. The highest BCUT2D eigenvalue weighted by Gasteiger charge is 2.28. The van der Waals surface area contributed by atoms with E-state index in [1.807, 2.05) is 7.05 Å². The summed E-state index contributed by atoms with van der Waals surface area (Å²) in [5.74, 6) is 1.68. The minimum Gasteiger partial charge on any atom is -0.320 e. The van der Waals surface area contributed by atoms with Gasteiger partial charge in [-0.05, 0) is 31.9 Å². The minimum atomic E-state index is 0.546. The molecule has 2 aromatic rings. The third-order valence-electron chi connectivity index (χ3n) is 4.35. The lowest BCUT2D eigenvalue weighted by molar-refractivity contribution is 0.135. The van der Waals surface area contributed by atoms with Crippen molar-refractivity contribution in [1.29, 1.82) is 0 Å². The highest BCUT2D eigenvalue weighted by Crippen LogP contribution is 2.30. The smallest absolute Gasteiger partial charge is 0.135 e. The number of benzene rings is 1. The van der Waals surface area contributed by atoms with Crippen molar-refractivity contribution in [3.05, 3.63) is 48.0 Å². The van der Waals surface area contributed by atoms with Crippen molar-refractivity contribution in [2.45, 2.75) is 38.3 Å². The zero-order valence-corrected chi connectivity index (χ0v) is 12.2. The van der Waals surface area contributed by atoms with Gasteiger partial charge in [0.05, 0.1) is 0 Å². The summed E-state index contributed by atoms with van der Waals surface area (Å²) in [6.45, 7) is 4.51. The molecule has 106 valence electrons. The predicted octanol–water partition coefficient (Wildman–Crippen LogP) is 2.58. The van der Waals surface area contributed by atoms with Crippen LogP contribution < -0.4 is 0 Å². The Balaban J connectivity index is 1.64. The van der Waals surface area contributed by atoms with Crippen molar-refractivity contribution in [1.82, 2.24) is 19.7 Å². The zero-order valence-electron chi connectivity index (χ0n) is 12.2. The monoisotopic (exact) mass is 270 g/mol. The molecule has 0 N–H and O–H groups in total. The summed E-state index contributed by atoms with van der Waals surface area (Å²) in [6.07, 6.45) is 4.14. The Labute approximate surface area is 120 Å². The molecule has 2 heterocycles. The molecule has 1 aromatic heterocycles. The Morgan fingerprint density at radius 3 is 2.70 bits per heavy atom. The average molecular weight is 270 g/mol. The summed E-state index contributed by atoms with van der Waals surface area (Å²) in [7, 11) is 2.04. The maximum absolute atomic E-state index is 4.28. The molecule has 0 saturated carbocycles. The fraction of sp³-hybridized carbons (Fsp3) is 0.500. The van der Waals surface area contributed by atoms with Crippen molar-refractivity contribution in [2.24, 2.45) is 7.05 Å². The van der Waals surface area contributed by atoms with Crippen molar-refractivity contribution in [2.75, 3.05) is 6.54 Å². The van der Waals surface area contributed by atoms with Gasteiger partial charge in [0.25, 0.3) is 0 Å². The van der Waals surface area contributed by atoms with Crippen LogP contribution in [0.3, 0.4) is 0 Å². The van der Waals surface area contributed by atoms with Crippen LogP contribution >= 0.6 is 0 Å². The van der Waals surface area contributed by atoms with Crippen LogP contribution in [0.15, 0.2) is 36.7 Å². The van der Waals surface area contributed by atoms with E-state index >= 15 is 0 Å². The Bertz CT molecular complexity index is 549. The van der Waals surface area contributed by atoms with Gasteiger partial charge in [-0.2, -0.15) is 0 Å². The van der Waals surface area contributed by atoms with Crippen molar-refractivity contribution >= 4 is 0 Å². The van der Waals surface area contributed by atoms with Gasteiger partial charge < -0.3 is 4.57 Å². The maximum Gasteiger partial charge on any atom is 0.135 e. The number of aromatic nitrogens is 3. The van der Waals surface area contributed by atoms with Gasteiger partial charge in [-0.25, -0.2) is 0 Å². The summed E-state index contributed by atoms with van der Waals surface area (Å²) < 4.78 is 2.06. The van der Waals surface area contributed by atoms with E-state index in [-0.39, 0.29) is 0 Å². The van der Waals surface area contributed by atoms with Gasteiger partial charge in [0, 0.05) is 25.6 Å². The Hall–Kier alpha value is -1.68. The first kappa shape index (κ1) is 13.3. The van der Waals surface area contributed by atoms with E-state index in [0.717, 1.165) is 18.9 Å². The molecule has 0 spiro atoms. The molecule has 1 aliphatic rings. The van der Waals surface area contributed by atoms with Crippen LogP contribution in [0.5, 0.6) is 0 Å². The van der Waals surface area contributed by atoms with Crippen LogP contribution in [0.2, 0.25) is 0 Å². The maximum atomic E-state index is 4.28. The predicted molar refractivity (Wildman–Crippen MR) is 79.3 cm³/mol. The summed E-state index contributed by atoms with van der Waals surface area (Å²) in [4.78, 5) is 2.57. The first-order valence-electron chi connectivity index (χ1n) is 7.36. The lowest BCUT2D eigenvalue weighted by atomic mass is 9.90. The quantitative estimate of drug-likeness (QED) is 0.859. The number of piperidine rings is 1. The van der Waals surface area contributed by atoms with Gasteiger partial charge in [0.1, 0.15) is 12.2 Å². The molecule has 0 unspecified atom stereocenters. The van der Waals surface area contributed by atoms with Crippen molar-refractivity contribution in [3.63, 3.8) is 0 Å². The SMILES string of the molecule is C[C@@H]1C[C@H](c2nncn2C)CCN1Cc1ccccc1. The number of nitrogens with zero attached hydrogens (tertiary/aromatic N) is 4. The van der Waals surface area contributed by atoms with Gasteiger partial charge in [-0.15, -0.1) is 10.2 Å². The molecule has 1 aromatic carbocycles. The Morgan fingerprint density at radius 2 is 2.05 bits per heavy atom. The summed E-state index contributed by atoms with van der Waals surface area (Å²) in [5, 5.41) is 8.29. The molecule has 0 amide bonds. The molecular weight excluding hydrogens is 248 g/mol. The van der Waals surface area contributed by atoms with Crippen molar-refractivity contribution in [3.8, 4) is 0 Å². The molecule has 3 rings (SSSR count). The summed E-state index contributed by atoms with van der Waals surface area (Å²) >= 11 is 0.